The second-order valence-electron chi connectivity index (χ2n) is 5.43. The zero-order valence-corrected chi connectivity index (χ0v) is 15.1. The molecule has 0 aliphatic carbocycles. The molecule has 0 spiro atoms. The molecular formula is C15H23ClN2O5S. The van der Waals surface area contributed by atoms with Crippen LogP contribution in [0.25, 0.3) is 0 Å². The summed E-state index contributed by atoms with van der Waals surface area (Å²) in [6.45, 7) is 3.09. The minimum Gasteiger partial charge on any atom is -0.490 e. The summed E-state index contributed by atoms with van der Waals surface area (Å²) in [5.41, 5.74) is 5.41. The molecule has 9 heteroatoms. The van der Waals surface area contributed by atoms with Crippen molar-refractivity contribution in [3.05, 3.63) is 18.2 Å². The van der Waals surface area contributed by atoms with Crippen LogP contribution >= 0.6 is 12.4 Å². The molecular weight excluding hydrogens is 356 g/mol. The maximum Gasteiger partial charge on any atom is 0.221 e. The molecule has 0 radical (unpaired) electrons. The van der Waals surface area contributed by atoms with E-state index in [1.807, 2.05) is 0 Å². The molecule has 0 saturated carbocycles. The van der Waals surface area contributed by atoms with Gasteiger partial charge in [0.1, 0.15) is 0 Å². The van der Waals surface area contributed by atoms with Gasteiger partial charge in [0.15, 0.2) is 21.3 Å². The lowest BCUT2D eigenvalue weighted by Gasteiger charge is -2.12. The van der Waals surface area contributed by atoms with Crippen LogP contribution in [0.1, 0.15) is 19.8 Å². The number of fused-ring (bicyclic) bond motifs is 1. The average molecular weight is 379 g/mol. The van der Waals surface area contributed by atoms with E-state index < -0.39 is 9.84 Å². The summed E-state index contributed by atoms with van der Waals surface area (Å²) in [7, 11) is -3.57. The second kappa shape index (κ2) is 9.10. The molecule has 3 N–H and O–H groups in total. The van der Waals surface area contributed by atoms with Gasteiger partial charge in [-0.3, -0.25) is 4.79 Å². The number of halogens is 1. The normalized spacial score (nSPS) is 14.9. The second-order valence-corrected chi connectivity index (χ2v) is 7.54. The van der Waals surface area contributed by atoms with Crippen molar-refractivity contribution in [2.75, 3.05) is 25.5 Å². The van der Waals surface area contributed by atoms with E-state index in [2.05, 4.69) is 5.32 Å². The van der Waals surface area contributed by atoms with Crippen molar-refractivity contribution >= 4 is 28.2 Å². The Hall–Kier alpha value is -1.51. The highest BCUT2D eigenvalue weighted by Gasteiger charge is 2.20. The Morgan fingerprint density at radius 3 is 2.62 bits per heavy atom. The molecule has 1 aliphatic rings. The predicted molar refractivity (Wildman–Crippen MR) is 92.6 cm³/mol. The van der Waals surface area contributed by atoms with Crippen LogP contribution in [0.2, 0.25) is 0 Å². The van der Waals surface area contributed by atoms with E-state index in [0.717, 1.165) is 6.42 Å². The molecule has 1 aliphatic heterocycles. The van der Waals surface area contributed by atoms with Gasteiger partial charge in [-0.25, -0.2) is 8.42 Å². The van der Waals surface area contributed by atoms with Crippen molar-refractivity contribution in [3.8, 4) is 11.5 Å². The first-order valence-corrected chi connectivity index (χ1v) is 9.19. The van der Waals surface area contributed by atoms with E-state index in [1.165, 1.54) is 12.1 Å². The van der Waals surface area contributed by atoms with Gasteiger partial charge in [0.05, 0.1) is 23.9 Å². The molecule has 0 unspecified atom stereocenters. The molecule has 1 atom stereocenters. The standard InChI is InChI=1S/C15H22N2O5S.ClH/c1-11(10-16)17-15(18)5-8-23(19,20)12-3-4-13-14(9-12)22-7-2-6-21-13;/h3-4,9,11H,2,5-8,10,16H2,1H3,(H,17,18);1H/t11-;/m0./s1. The number of amides is 1. The SMILES string of the molecule is C[C@@H](CN)NC(=O)CCS(=O)(=O)c1ccc2c(c1)OCCCO2.Cl. The van der Waals surface area contributed by atoms with Gasteiger partial charge in [-0.15, -0.1) is 12.4 Å². The molecule has 1 heterocycles. The van der Waals surface area contributed by atoms with E-state index in [1.54, 1.807) is 13.0 Å². The zero-order valence-electron chi connectivity index (χ0n) is 13.5. The van der Waals surface area contributed by atoms with Crippen LogP contribution in [-0.4, -0.2) is 45.9 Å². The van der Waals surface area contributed by atoms with E-state index in [4.69, 9.17) is 15.2 Å². The molecule has 0 saturated heterocycles. The topological polar surface area (TPSA) is 108 Å². The van der Waals surface area contributed by atoms with Crippen LogP contribution in [0.15, 0.2) is 23.1 Å². The Labute approximate surface area is 148 Å². The van der Waals surface area contributed by atoms with Crippen molar-refractivity contribution < 1.29 is 22.7 Å². The van der Waals surface area contributed by atoms with Crippen LogP contribution in [0.5, 0.6) is 11.5 Å². The van der Waals surface area contributed by atoms with Gasteiger partial charge in [0, 0.05) is 31.5 Å². The van der Waals surface area contributed by atoms with E-state index in [-0.39, 0.29) is 41.4 Å². The summed E-state index contributed by atoms with van der Waals surface area (Å²) < 4.78 is 35.7. The van der Waals surface area contributed by atoms with Gasteiger partial charge < -0.3 is 20.5 Å². The number of nitrogens with one attached hydrogen (secondary N) is 1. The van der Waals surface area contributed by atoms with Gasteiger partial charge >= 0.3 is 0 Å². The van der Waals surface area contributed by atoms with Gasteiger partial charge in [-0.05, 0) is 19.1 Å². The number of benzene rings is 1. The molecule has 1 aromatic carbocycles. The number of rotatable bonds is 6. The number of carbonyl (C=O) groups excluding carboxylic acids is 1. The molecule has 0 aromatic heterocycles. The molecule has 1 amide bonds. The first-order valence-electron chi connectivity index (χ1n) is 7.54. The first-order chi connectivity index (χ1) is 10.9. The highest BCUT2D eigenvalue weighted by molar-refractivity contribution is 7.91. The lowest BCUT2D eigenvalue weighted by Crippen LogP contribution is -2.38. The lowest BCUT2D eigenvalue weighted by molar-refractivity contribution is -0.121. The highest BCUT2D eigenvalue weighted by atomic mass is 35.5. The number of ether oxygens (including phenoxy) is 2. The third kappa shape index (κ3) is 5.54. The fraction of sp³-hybridized carbons (Fsp3) is 0.533. The molecule has 0 fully saturated rings. The summed E-state index contributed by atoms with van der Waals surface area (Å²) in [4.78, 5) is 11.8. The van der Waals surface area contributed by atoms with Crippen LogP contribution in [0.4, 0.5) is 0 Å². The van der Waals surface area contributed by atoms with Gasteiger partial charge in [-0.2, -0.15) is 0 Å². The van der Waals surface area contributed by atoms with E-state index in [0.29, 0.717) is 31.3 Å². The van der Waals surface area contributed by atoms with Crippen LogP contribution < -0.4 is 20.5 Å². The number of nitrogens with two attached hydrogens (primary N) is 1. The Kier molecular flexibility index (Phi) is 7.78. The quantitative estimate of drug-likeness (QED) is 0.761. The monoisotopic (exact) mass is 378 g/mol. The van der Waals surface area contributed by atoms with Gasteiger partial charge in [0.25, 0.3) is 0 Å². The lowest BCUT2D eigenvalue weighted by atomic mass is 10.3. The fourth-order valence-electron chi connectivity index (χ4n) is 2.09. The van der Waals surface area contributed by atoms with Crippen molar-refractivity contribution in [1.29, 1.82) is 0 Å². The van der Waals surface area contributed by atoms with Crippen LogP contribution in [0.3, 0.4) is 0 Å². The molecule has 136 valence electrons. The van der Waals surface area contributed by atoms with Crippen LogP contribution in [0, 0.1) is 0 Å². The smallest absolute Gasteiger partial charge is 0.221 e. The summed E-state index contributed by atoms with van der Waals surface area (Å²) in [5, 5.41) is 2.64. The van der Waals surface area contributed by atoms with Gasteiger partial charge in [-0.1, -0.05) is 0 Å². The zero-order chi connectivity index (χ0) is 16.9. The summed E-state index contributed by atoms with van der Waals surface area (Å²) in [5.74, 6) is 0.358. The molecule has 0 bridgehead atoms. The number of hydrogen-bond donors (Lipinski definition) is 2. The number of carbonyl (C=O) groups is 1. The van der Waals surface area contributed by atoms with E-state index in [9.17, 15) is 13.2 Å². The summed E-state index contributed by atoms with van der Waals surface area (Å²) in [6, 6.07) is 4.34. The average Bonchev–Trinajstić information content (AvgIpc) is 2.77. The van der Waals surface area contributed by atoms with Crippen molar-refractivity contribution in [2.45, 2.75) is 30.7 Å². The maximum absolute atomic E-state index is 12.4. The third-order valence-corrected chi connectivity index (χ3v) is 5.15. The summed E-state index contributed by atoms with van der Waals surface area (Å²) >= 11 is 0. The van der Waals surface area contributed by atoms with Crippen molar-refractivity contribution in [2.24, 2.45) is 5.73 Å². The molecule has 1 aromatic rings. The minimum absolute atomic E-state index is 0. The molecule has 7 nitrogen and oxygen atoms in total. The van der Waals surface area contributed by atoms with Gasteiger partial charge in [0.2, 0.25) is 5.91 Å². The summed E-state index contributed by atoms with van der Waals surface area (Å²) in [6.07, 6.45) is 0.636. The molecule has 2 rings (SSSR count). The third-order valence-electron chi connectivity index (χ3n) is 3.44. The fourth-order valence-corrected chi connectivity index (χ4v) is 3.34. The first kappa shape index (κ1) is 20.5. The maximum atomic E-state index is 12.4. The number of sulfone groups is 1. The van der Waals surface area contributed by atoms with Crippen LogP contribution in [-0.2, 0) is 14.6 Å². The molecule has 24 heavy (non-hydrogen) atoms. The minimum atomic E-state index is -3.57. The van der Waals surface area contributed by atoms with E-state index >= 15 is 0 Å². The Bertz CT molecular complexity index is 666. The number of hydrogen-bond acceptors (Lipinski definition) is 6. The largest absolute Gasteiger partial charge is 0.490 e. The van der Waals surface area contributed by atoms with Crippen molar-refractivity contribution in [1.82, 2.24) is 5.32 Å². The Balaban J connectivity index is 0.00000288. The Morgan fingerprint density at radius 1 is 1.29 bits per heavy atom. The Morgan fingerprint density at radius 2 is 1.96 bits per heavy atom. The van der Waals surface area contributed by atoms with Crippen molar-refractivity contribution in [3.63, 3.8) is 0 Å². The highest BCUT2D eigenvalue weighted by Crippen LogP contribution is 2.32. The predicted octanol–water partition coefficient (Wildman–Crippen LogP) is 0.897.